The van der Waals surface area contributed by atoms with E-state index in [1.54, 1.807) is 6.26 Å². The molecule has 0 spiro atoms. The molecule has 18 heavy (non-hydrogen) atoms. The molecule has 0 bridgehead atoms. The van der Waals surface area contributed by atoms with Crippen molar-refractivity contribution >= 4 is 6.01 Å². The number of nitrogens with one attached hydrogen (secondary N) is 1. The quantitative estimate of drug-likeness (QED) is 0.808. The van der Waals surface area contributed by atoms with Gasteiger partial charge in [0.25, 0.3) is 6.01 Å². The van der Waals surface area contributed by atoms with Gasteiger partial charge in [0.2, 0.25) is 0 Å². The van der Waals surface area contributed by atoms with Gasteiger partial charge >= 0.3 is 0 Å². The average Bonchev–Trinajstić information content (AvgIpc) is 2.79. The number of aromatic nitrogens is 1. The van der Waals surface area contributed by atoms with E-state index in [1.807, 2.05) is 0 Å². The molecule has 2 rings (SSSR count). The van der Waals surface area contributed by atoms with Crippen LogP contribution < -0.4 is 10.2 Å². The third-order valence-corrected chi connectivity index (χ3v) is 3.51. The van der Waals surface area contributed by atoms with Crippen LogP contribution in [-0.2, 0) is 6.54 Å². The fraction of sp³-hybridized carbons (Fsp3) is 0.786. The standard InChI is InChI=1S/C14H25N3O/c1-10(2)6-15-7-13-9-18-14(16-13)17(4)8-12-5-11(12)3/h9-12,15H,5-8H2,1-4H3. The first kappa shape index (κ1) is 13.4. The summed E-state index contributed by atoms with van der Waals surface area (Å²) in [5, 5.41) is 3.37. The minimum absolute atomic E-state index is 0.662. The molecule has 1 heterocycles. The molecule has 1 fully saturated rings. The van der Waals surface area contributed by atoms with E-state index >= 15 is 0 Å². The van der Waals surface area contributed by atoms with Crippen LogP contribution in [0.3, 0.4) is 0 Å². The summed E-state index contributed by atoms with van der Waals surface area (Å²) in [6, 6.07) is 0.746. The van der Waals surface area contributed by atoms with Crippen LogP contribution in [-0.4, -0.2) is 25.1 Å². The van der Waals surface area contributed by atoms with Gasteiger partial charge in [0, 0.05) is 20.1 Å². The van der Waals surface area contributed by atoms with Crippen LogP contribution in [0.1, 0.15) is 32.9 Å². The fourth-order valence-corrected chi connectivity index (χ4v) is 2.13. The minimum Gasteiger partial charge on any atom is -0.432 e. The summed E-state index contributed by atoms with van der Waals surface area (Å²) in [5.74, 6) is 2.36. The molecular formula is C14H25N3O. The van der Waals surface area contributed by atoms with E-state index in [9.17, 15) is 0 Å². The Bertz CT molecular complexity index is 375. The van der Waals surface area contributed by atoms with Crippen molar-refractivity contribution in [3.63, 3.8) is 0 Å². The van der Waals surface area contributed by atoms with Crippen LogP contribution in [0.15, 0.2) is 10.7 Å². The molecule has 2 atom stereocenters. The van der Waals surface area contributed by atoms with Crippen molar-refractivity contribution in [2.75, 3.05) is 25.0 Å². The van der Waals surface area contributed by atoms with Crippen molar-refractivity contribution in [2.45, 2.75) is 33.7 Å². The van der Waals surface area contributed by atoms with Gasteiger partial charge in [-0.15, -0.1) is 0 Å². The fourth-order valence-electron chi connectivity index (χ4n) is 2.13. The molecule has 0 aliphatic heterocycles. The van der Waals surface area contributed by atoms with Crippen LogP contribution in [0.25, 0.3) is 0 Å². The summed E-state index contributed by atoms with van der Waals surface area (Å²) in [6.45, 7) is 9.56. The highest BCUT2D eigenvalue weighted by atomic mass is 16.4. The van der Waals surface area contributed by atoms with Crippen LogP contribution in [0.4, 0.5) is 6.01 Å². The van der Waals surface area contributed by atoms with Crippen molar-refractivity contribution in [3.05, 3.63) is 12.0 Å². The lowest BCUT2D eigenvalue weighted by Gasteiger charge is -2.13. The number of nitrogens with zero attached hydrogens (tertiary/aromatic N) is 2. The first-order chi connectivity index (χ1) is 8.56. The minimum atomic E-state index is 0.662. The van der Waals surface area contributed by atoms with Crippen molar-refractivity contribution < 1.29 is 4.42 Å². The number of hydrogen-bond acceptors (Lipinski definition) is 4. The van der Waals surface area contributed by atoms with E-state index < -0.39 is 0 Å². The summed E-state index contributed by atoms with van der Waals surface area (Å²) in [5.41, 5.74) is 0.987. The molecule has 0 amide bonds. The molecule has 1 aliphatic carbocycles. The number of rotatable bonds is 7. The van der Waals surface area contributed by atoms with Crippen LogP contribution in [0.2, 0.25) is 0 Å². The van der Waals surface area contributed by atoms with Gasteiger partial charge in [-0.05, 0) is 30.7 Å². The normalized spacial score (nSPS) is 22.5. The lowest BCUT2D eigenvalue weighted by atomic mass is 10.2. The van der Waals surface area contributed by atoms with E-state index in [1.165, 1.54) is 6.42 Å². The summed E-state index contributed by atoms with van der Waals surface area (Å²) in [4.78, 5) is 6.63. The summed E-state index contributed by atoms with van der Waals surface area (Å²) >= 11 is 0. The van der Waals surface area contributed by atoms with Crippen LogP contribution >= 0.6 is 0 Å². The number of anilines is 1. The van der Waals surface area contributed by atoms with Gasteiger partial charge < -0.3 is 14.6 Å². The lowest BCUT2D eigenvalue weighted by Crippen LogP contribution is -2.21. The van der Waals surface area contributed by atoms with Crippen LogP contribution in [0.5, 0.6) is 0 Å². The first-order valence-electron chi connectivity index (χ1n) is 6.92. The summed E-state index contributed by atoms with van der Waals surface area (Å²) in [7, 11) is 2.06. The van der Waals surface area contributed by atoms with Gasteiger partial charge in [-0.3, -0.25) is 0 Å². The van der Waals surface area contributed by atoms with Gasteiger partial charge in [-0.25, -0.2) is 0 Å². The van der Waals surface area contributed by atoms with Gasteiger partial charge in [0.05, 0.1) is 5.69 Å². The zero-order valence-corrected chi connectivity index (χ0v) is 11.9. The Hall–Kier alpha value is -1.03. The zero-order valence-electron chi connectivity index (χ0n) is 11.9. The first-order valence-corrected chi connectivity index (χ1v) is 6.92. The molecule has 0 radical (unpaired) electrons. The van der Waals surface area contributed by atoms with E-state index in [-0.39, 0.29) is 0 Å². The molecule has 4 heteroatoms. The molecule has 0 saturated heterocycles. The van der Waals surface area contributed by atoms with Crippen LogP contribution in [0, 0.1) is 17.8 Å². The SMILES string of the molecule is CC(C)CNCc1coc(N(C)CC2CC2C)n1. The highest BCUT2D eigenvalue weighted by Crippen LogP contribution is 2.38. The maximum atomic E-state index is 5.52. The smallest absolute Gasteiger partial charge is 0.297 e. The molecule has 1 aliphatic rings. The second-order valence-electron chi connectivity index (χ2n) is 6.00. The molecule has 1 aromatic heterocycles. The Morgan fingerprint density at radius 1 is 1.56 bits per heavy atom. The van der Waals surface area contributed by atoms with Crippen molar-refractivity contribution in [1.82, 2.24) is 10.3 Å². The Kier molecular flexibility index (Phi) is 4.27. The molecule has 102 valence electrons. The largest absolute Gasteiger partial charge is 0.432 e. The van der Waals surface area contributed by atoms with Crippen molar-refractivity contribution in [1.29, 1.82) is 0 Å². The highest BCUT2D eigenvalue weighted by Gasteiger charge is 2.33. The molecule has 1 N–H and O–H groups in total. The maximum Gasteiger partial charge on any atom is 0.297 e. The Morgan fingerprint density at radius 2 is 2.28 bits per heavy atom. The monoisotopic (exact) mass is 251 g/mol. The Morgan fingerprint density at radius 3 is 2.89 bits per heavy atom. The van der Waals surface area contributed by atoms with Crippen molar-refractivity contribution in [3.8, 4) is 0 Å². The Labute approximate surface area is 110 Å². The number of hydrogen-bond donors (Lipinski definition) is 1. The Balaban J connectivity index is 1.77. The van der Waals surface area contributed by atoms with Crippen molar-refractivity contribution in [2.24, 2.45) is 17.8 Å². The van der Waals surface area contributed by atoms with Gasteiger partial charge in [0.1, 0.15) is 6.26 Å². The zero-order chi connectivity index (χ0) is 13.1. The van der Waals surface area contributed by atoms with E-state index in [0.29, 0.717) is 5.92 Å². The summed E-state index contributed by atoms with van der Waals surface area (Å²) in [6.07, 6.45) is 3.10. The van der Waals surface area contributed by atoms with E-state index in [4.69, 9.17) is 4.42 Å². The molecule has 4 nitrogen and oxygen atoms in total. The topological polar surface area (TPSA) is 41.3 Å². The number of oxazole rings is 1. The van der Waals surface area contributed by atoms with Gasteiger partial charge in [0.15, 0.2) is 0 Å². The average molecular weight is 251 g/mol. The predicted molar refractivity (Wildman–Crippen MR) is 73.6 cm³/mol. The third-order valence-electron chi connectivity index (χ3n) is 3.51. The van der Waals surface area contributed by atoms with Gasteiger partial charge in [-0.2, -0.15) is 4.98 Å². The second kappa shape index (κ2) is 5.74. The third kappa shape index (κ3) is 3.73. The second-order valence-corrected chi connectivity index (χ2v) is 6.00. The predicted octanol–water partition coefficient (Wildman–Crippen LogP) is 2.51. The van der Waals surface area contributed by atoms with E-state index in [0.717, 1.165) is 43.2 Å². The molecular weight excluding hydrogens is 226 g/mol. The highest BCUT2D eigenvalue weighted by molar-refractivity contribution is 5.26. The molecule has 0 aromatic carbocycles. The molecule has 1 aromatic rings. The maximum absolute atomic E-state index is 5.52. The lowest BCUT2D eigenvalue weighted by molar-refractivity contribution is 0.530. The van der Waals surface area contributed by atoms with E-state index in [2.05, 4.69) is 43.0 Å². The summed E-state index contributed by atoms with van der Waals surface area (Å²) < 4.78 is 5.52. The molecule has 1 saturated carbocycles. The van der Waals surface area contributed by atoms with Gasteiger partial charge in [-0.1, -0.05) is 20.8 Å². The molecule has 2 unspecified atom stereocenters.